The van der Waals surface area contributed by atoms with Crippen LogP contribution in [0.25, 0.3) is 0 Å². The molecule has 1 aromatic carbocycles. The van der Waals surface area contributed by atoms with Crippen molar-refractivity contribution < 1.29 is 0 Å². The SMILES string of the molecule is Cc1cccc(Nc2nc(Cl)nc(N3CCCCC3)n2)c1. The van der Waals surface area contributed by atoms with E-state index in [1.54, 1.807) is 0 Å². The van der Waals surface area contributed by atoms with Gasteiger partial charge in [0, 0.05) is 18.8 Å². The summed E-state index contributed by atoms with van der Waals surface area (Å²) in [6, 6.07) is 8.06. The van der Waals surface area contributed by atoms with Crippen LogP contribution in [0.4, 0.5) is 17.6 Å². The maximum Gasteiger partial charge on any atom is 0.233 e. The molecule has 0 unspecified atom stereocenters. The quantitative estimate of drug-likeness (QED) is 0.939. The van der Waals surface area contributed by atoms with Crippen LogP contribution in [0.15, 0.2) is 24.3 Å². The number of aromatic nitrogens is 3. The Morgan fingerprint density at radius 3 is 2.67 bits per heavy atom. The van der Waals surface area contributed by atoms with Crippen molar-refractivity contribution >= 4 is 29.2 Å². The third kappa shape index (κ3) is 3.61. The molecule has 0 atom stereocenters. The van der Waals surface area contributed by atoms with Gasteiger partial charge >= 0.3 is 0 Å². The first-order valence-electron chi connectivity index (χ1n) is 7.21. The van der Waals surface area contributed by atoms with Crippen LogP contribution in [0.1, 0.15) is 24.8 Å². The topological polar surface area (TPSA) is 53.9 Å². The second-order valence-corrected chi connectivity index (χ2v) is 5.61. The van der Waals surface area contributed by atoms with Gasteiger partial charge in [0.1, 0.15) is 0 Å². The predicted octanol–water partition coefficient (Wildman–Crippen LogP) is 3.57. The highest BCUT2D eigenvalue weighted by molar-refractivity contribution is 6.28. The number of piperidine rings is 1. The van der Waals surface area contributed by atoms with Crippen molar-refractivity contribution in [2.75, 3.05) is 23.3 Å². The summed E-state index contributed by atoms with van der Waals surface area (Å²) < 4.78 is 0. The minimum Gasteiger partial charge on any atom is -0.341 e. The Morgan fingerprint density at radius 1 is 1.10 bits per heavy atom. The van der Waals surface area contributed by atoms with Crippen molar-refractivity contribution in [2.45, 2.75) is 26.2 Å². The molecule has 1 aromatic heterocycles. The molecule has 0 aliphatic carbocycles. The Kier molecular flexibility index (Phi) is 4.20. The van der Waals surface area contributed by atoms with Crippen molar-refractivity contribution in [1.82, 2.24) is 15.0 Å². The number of nitrogens with zero attached hydrogens (tertiary/aromatic N) is 4. The molecule has 0 saturated carbocycles. The molecular formula is C15H18ClN5. The van der Waals surface area contributed by atoms with E-state index >= 15 is 0 Å². The van der Waals surface area contributed by atoms with Crippen LogP contribution in [0.3, 0.4) is 0 Å². The monoisotopic (exact) mass is 303 g/mol. The van der Waals surface area contributed by atoms with Gasteiger partial charge < -0.3 is 10.2 Å². The number of halogens is 1. The van der Waals surface area contributed by atoms with Crippen LogP contribution < -0.4 is 10.2 Å². The predicted molar refractivity (Wildman–Crippen MR) is 85.4 cm³/mol. The zero-order valence-corrected chi connectivity index (χ0v) is 12.8. The largest absolute Gasteiger partial charge is 0.341 e. The molecule has 1 aliphatic heterocycles. The first kappa shape index (κ1) is 14.1. The third-order valence-corrected chi connectivity index (χ3v) is 3.68. The Balaban J connectivity index is 1.83. The average molecular weight is 304 g/mol. The van der Waals surface area contributed by atoms with E-state index in [4.69, 9.17) is 11.6 Å². The van der Waals surface area contributed by atoms with Gasteiger partial charge in [0.2, 0.25) is 17.2 Å². The summed E-state index contributed by atoms with van der Waals surface area (Å²) >= 11 is 6.04. The summed E-state index contributed by atoms with van der Waals surface area (Å²) in [6.07, 6.45) is 3.61. The summed E-state index contributed by atoms with van der Waals surface area (Å²) in [6.45, 7) is 4.00. The third-order valence-electron chi connectivity index (χ3n) is 3.51. The lowest BCUT2D eigenvalue weighted by Crippen LogP contribution is -2.31. The number of nitrogens with one attached hydrogen (secondary N) is 1. The van der Waals surface area contributed by atoms with E-state index in [9.17, 15) is 0 Å². The van der Waals surface area contributed by atoms with Crippen molar-refractivity contribution in [1.29, 1.82) is 0 Å². The molecule has 0 spiro atoms. The molecule has 1 fully saturated rings. The lowest BCUT2D eigenvalue weighted by molar-refractivity contribution is 0.567. The molecule has 21 heavy (non-hydrogen) atoms. The Labute approximate surface area is 129 Å². The highest BCUT2D eigenvalue weighted by atomic mass is 35.5. The molecule has 1 N–H and O–H groups in total. The molecule has 3 rings (SSSR count). The van der Waals surface area contributed by atoms with Crippen LogP contribution in [0.5, 0.6) is 0 Å². The van der Waals surface area contributed by atoms with Crippen LogP contribution in [-0.4, -0.2) is 28.0 Å². The van der Waals surface area contributed by atoms with E-state index < -0.39 is 0 Å². The zero-order valence-electron chi connectivity index (χ0n) is 12.0. The molecule has 0 amide bonds. The van der Waals surface area contributed by atoms with Gasteiger partial charge in [0.25, 0.3) is 0 Å². The zero-order chi connectivity index (χ0) is 14.7. The lowest BCUT2D eigenvalue weighted by atomic mass is 10.1. The number of benzene rings is 1. The van der Waals surface area contributed by atoms with Crippen molar-refractivity contribution in [3.8, 4) is 0 Å². The molecule has 6 heteroatoms. The number of aryl methyl sites for hydroxylation is 1. The molecule has 0 radical (unpaired) electrons. The van der Waals surface area contributed by atoms with Crippen molar-refractivity contribution in [3.63, 3.8) is 0 Å². The fourth-order valence-corrected chi connectivity index (χ4v) is 2.64. The van der Waals surface area contributed by atoms with E-state index in [0.717, 1.165) is 18.8 Å². The van der Waals surface area contributed by atoms with Crippen LogP contribution >= 0.6 is 11.6 Å². The Hall–Kier alpha value is -1.88. The highest BCUT2D eigenvalue weighted by Crippen LogP contribution is 2.20. The van der Waals surface area contributed by atoms with Gasteiger partial charge in [0.15, 0.2) is 0 Å². The smallest absolute Gasteiger partial charge is 0.233 e. The van der Waals surface area contributed by atoms with Crippen LogP contribution in [0.2, 0.25) is 5.28 Å². The maximum absolute atomic E-state index is 6.04. The first-order chi connectivity index (χ1) is 10.2. The Bertz CT molecular complexity index is 625. The fourth-order valence-electron chi connectivity index (χ4n) is 2.48. The van der Waals surface area contributed by atoms with Gasteiger partial charge in [-0.2, -0.15) is 15.0 Å². The summed E-state index contributed by atoms with van der Waals surface area (Å²) in [5.74, 6) is 1.14. The average Bonchev–Trinajstić information content (AvgIpc) is 2.47. The van der Waals surface area contributed by atoms with Crippen LogP contribution in [0, 0.1) is 6.92 Å². The van der Waals surface area contributed by atoms with Crippen molar-refractivity contribution in [3.05, 3.63) is 35.1 Å². The minimum atomic E-state index is 0.223. The van der Waals surface area contributed by atoms with E-state index in [-0.39, 0.29) is 5.28 Å². The van der Waals surface area contributed by atoms with Crippen molar-refractivity contribution in [2.24, 2.45) is 0 Å². The standard InChI is InChI=1S/C15H18ClN5/c1-11-6-5-7-12(10-11)17-14-18-13(16)19-15(20-14)21-8-3-2-4-9-21/h5-7,10H,2-4,8-9H2,1H3,(H,17,18,19,20). The molecule has 1 aliphatic rings. The van der Waals surface area contributed by atoms with Gasteiger partial charge in [-0.05, 0) is 55.5 Å². The van der Waals surface area contributed by atoms with Gasteiger partial charge in [-0.25, -0.2) is 0 Å². The fraction of sp³-hybridized carbons (Fsp3) is 0.400. The van der Waals surface area contributed by atoms with Gasteiger partial charge in [0.05, 0.1) is 0 Å². The normalized spacial score (nSPS) is 15.0. The first-order valence-corrected chi connectivity index (χ1v) is 7.59. The highest BCUT2D eigenvalue weighted by Gasteiger charge is 2.15. The van der Waals surface area contributed by atoms with E-state index in [2.05, 4.69) is 25.2 Å². The Morgan fingerprint density at radius 2 is 1.90 bits per heavy atom. The summed E-state index contributed by atoms with van der Waals surface area (Å²) in [5, 5.41) is 3.41. The molecule has 1 saturated heterocycles. The molecular weight excluding hydrogens is 286 g/mol. The number of hydrogen-bond acceptors (Lipinski definition) is 5. The number of rotatable bonds is 3. The summed E-state index contributed by atoms with van der Waals surface area (Å²) in [5.41, 5.74) is 2.12. The molecule has 2 heterocycles. The van der Waals surface area contributed by atoms with Gasteiger partial charge in [-0.1, -0.05) is 12.1 Å². The second-order valence-electron chi connectivity index (χ2n) is 5.27. The van der Waals surface area contributed by atoms with E-state index in [0.29, 0.717) is 11.9 Å². The summed E-state index contributed by atoms with van der Waals surface area (Å²) in [4.78, 5) is 15.1. The summed E-state index contributed by atoms with van der Waals surface area (Å²) in [7, 11) is 0. The maximum atomic E-state index is 6.04. The van der Waals surface area contributed by atoms with Gasteiger partial charge in [-0.15, -0.1) is 0 Å². The minimum absolute atomic E-state index is 0.223. The second kappa shape index (κ2) is 6.26. The molecule has 2 aromatic rings. The molecule has 110 valence electrons. The number of hydrogen-bond donors (Lipinski definition) is 1. The molecule has 5 nitrogen and oxygen atoms in total. The molecule has 0 bridgehead atoms. The lowest BCUT2D eigenvalue weighted by Gasteiger charge is -2.26. The number of anilines is 3. The van der Waals surface area contributed by atoms with Crippen LogP contribution in [-0.2, 0) is 0 Å². The van der Waals surface area contributed by atoms with E-state index in [1.807, 2.05) is 31.2 Å². The van der Waals surface area contributed by atoms with E-state index in [1.165, 1.54) is 24.8 Å². The van der Waals surface area contributed by atoms with Gasteiger partial charge in [-0.3, -0.25) is 0 Å².